The minimum absolute atomic E-state index is 0.00775. The van der Waals surface area contributed by atoms with E-state index in [1.807, 2.05) is 0 Å². The standard InChI is InChI=1S/C68H125N33O14/c1-38(102)92-50(36-39-22-24-40(103)25-23-39)54(107)91-37-52(105)93-42(17-13-35-90-68(83-2)84-3)55(108)95-43(14-4-6-28-69)57(110)96-44(15-5-7-29-70)58(111)98-46(19-10-32-87-65(77)78)59(112)99-48(21-12-34-89-67(81)82)61(114)101-49(26-27-51(71)104)62(115)100-47(20-11-33-88-66(79)80)60(113)97-45(18-9-31-86-64(75)76)56(109)94-41(53(72)106)16-8-30-85-63(73)74/h22-25,41-50,103H,4-21,26-37,69-70H2,1-3H3,(H2,71,104)(H2,72,106)(H,91,107)(H,92,102)(H,93,105)(H,94,109)(H,95,108)(H,96,110)(H,97,113)(H,98,111)(H,99,112)(H,100,115)(H,101,114)(H4,73,74,85)(H4,75,76,86)(H4,77,78,87)(H4,79,80,88)(H4,81,82,89)(H2,83,84,90)/t41-,42-,43-,44-,45-,46-,47-,48-,49-,50-/m0/s1. The highest BCUT2D eigenvalue weighted by Crippen LogP contribution is 2.15. The average Bonchev–Trinajstić information content (AvgIpc) is 0.862. The lowest BCUT2D eigenvalue weighted by Crippen LogP contribution is -2.60. The topological polar surface area (TPSA) is 837 Å². The van der Waals surface area contributed by atoms with Gasteiger partial charge in [-0.15, -0.1) is 0 Å². The van der Waals surface area contributed by atoms with Crippen LogP contribution in [0.25, 0.3) is 0 Å². The Morgan fingerprint density at radius 1 is 0.365 bits per heavy atom. The highest BCUT2D eigenvalue weighted by atomic mass is 16.3. The number of nitrogens with two attached hydrogens (primary N) is 14. The monoisotopic (exact) mass is 1630 g/mol. The van der Waals surface area contributed by atoms with Crippen LogP contribution < -0.4 is 149 Å². The minimum Gasteiger partial charge on any atom is -0.508 e. The molecule has 646 valence electrons. The molecule has 47 heteroatoms. The van der Waals surface area contributed by atoms with Crippen LogP contribution >= 0.6 is 0 Å². The zero-order valence-corrected chi connectivity index (χ0v) is 65.8. The lowest BCUT2D eigenvalue weighted by Gasteiger charge is -2.28. The zero-order valence-electron chi connectivity index (χ0n) is 65.8. The van der Waals surface area contributed by atoms with Gasteiger partial charge < -0.3 is 154 Å². The van der Waals surface area contributed by atoms with E-state index >= 15 is 0 Å². The van der Waals surface area contributed by atoms with E-state index in [0.717, 1.165) is 0 Å². The maximum atomic E-state index is 14.9. The Hall–Kier alpha value is -12.3. The number of rotatable bonds is 59. The maximum Gasteiger partial charge on any atom is 0.243 e. The van der Waals surface area contributed by atoms with Crippen molar-refractivity contribution in [3.05, 3.63) is 29.8 Å². The summed E-state index contributed by atoms with van der Waals surface area (Å²) in [4.78, 5) is 205. The van der Waals surface area contributed by atoms with Crippen LogP contribution in [0.5, 0.6) is 5.75 Å². The van der Waals surface area contributed by atoms with Gasteiger partial charge in [0.15, 0.2) is 35.8 Å². The third-order valence-corrected chi connectivity index (χ3v) is 17.0. The van der Waals surface area contributed by atoms with Crippen LogP contribution in [0.4, 0.5) is 0 Å². The summed E-state index contributed by atoms with van der Waals surface area (Å²) in [6.45, 7) is 0.904. The molecule has 0 saturated heterocycles. The molecule has 1 rings (SSSR count). The molecule has 42 N–H and O–H groups in total. The Labute approximate surface area is 667 Å². The summed E-state index contributed by atoms with van der Waals surface area (Å²) in [5, 5.41) is 44.3. The first-order valence-electron chi connectivity index (χ1n) is 37.7. The summed E-state index contributed by atoms with van der Waals surface area (Å²) in [7, 11) is 3.17. The van der Waals surface area contributed by atoms with Crippen molar-refractivity contribution < 1.29 is 67.4 Å². The van der Waals surface area contributed by atoms with Gasteiger partial charge in [0.25, 0.3) is 0 Å². The molecule has 0 fully saturated rings. The molecule has 115 heavy (non-hydrogen) atoms. The fourth-order valence-corrected chi connectivity index (χ4v) is 11.1. The number of guanidine groups is 6. The smallest absolute Gasteiger partial charge is 0.243 e. The van der Waals surface area contributed by atoms with Gasteiger partial charge in [0.2, 0.25) is 76.8 Å². The normalized spacial score (nSPS) is 13.5. The number of unbranched alkanes of at least 4 members (excludes halogenated alkanes) is 2. The molecule has 13 amide bonds. The highest BCUT2D eigenvalue weighted by Gasteiger charge is 2.36. The van der Waals surface area contributed by atoms with Crippen molar-refractivity contribution in [2.75, 3.05) is 73.0 Å². The van der Waals surface area contributed by atoms with Crippen LogP contribution in [0, 0.1) is 0 Å². The van der Waals surface area contributed by atoms with Gasteiger partial charge in [-0.2, -0.15) is 0 Å². The number of amides is 13. The highest BCUT2D eigenvalue weighted by molar-refractivity contribution is 5.99. The number of phenols is 1. The molecule has 47 nitrogen and oxygen atoms in total. The summed E-state index contributed by atoms with van der Waals surface area (Å²) < 4.78 is 0. The van der Waals surface area contributed by atoms with Crippen LogP contribution in [0.2, 0.25) is 0 Å². The molecule has 0 aliphatic rings. The number of benzene rings is 1. The first-order chi connectivity index (χ1) is 54.5. The van der Waals surface area contributed by atoms with Gasteiger partial charge in [0, 0.05) is 73.1 Å². The van der Waals surface area contributed by atoms with Crippen LogP contribution in [-0.2, 0) is 68.7 Å². The number of carbonyl (C=O) groups is 13. The van der Waals surface area contributed by atoms with E-state index in [-0.39, 0.29) is 197 Å². The van der Waals surface area contributed by atoms with E-state index in [4.69, 9.17) is 80.3 Å². The molecule has 0 saturated carbocycles. The molecule has 1 aromatic rings. The molecule has 0 aromatic heterocycles. The van der Waals surface area contributed by atoms with Crippen LogP contribution in [0.3, 0.4) is 0 Å². The number of nitrogens with zero attached hydrogens (tertiary/aromatic N) is 6. The fourth-order valence-electron chi connectivity index (χ4n) is 11.1. The molecule has 0 heterocycles. The van der Waals surface area contributed by atoms with Crippen molar-refractivity contribution in [1.29, 1.82) is 0 Å². The van der Waals surface area contributed by atoms with Gasteiger partial charge in [-0.1, -0.05) is 12.1 Å². The first kappa shape index (κ1) is 101. The molecule has 0 spiro atoms. The van der Waals surface area contributed by atoms with E-state index in [1.54, 1.807) is 19.2 Å². The molecule has 0 unspecified atom stereocenters. The van der Waals surface area contributed by atoms with Gasteiger partial charge in [-0.05, 0) is 153 Å². The van der Waals surface area contributed by atoms with Crippen molar-refractivity contribution in [3.8, 4) is 5.75 Å². The SMILES string of the molecule is CN=C(NC)NCCC[C@H](NC(=O)CNC(=O)[C@H](Cc1ccc(O)cc1)NC(C)=O)C(=O)N[C@@H](CCCCN)C(=O)N[C@@H](CCCCN)C(=O)N[C@@H](CCCN=C(N)N)C(=O)N[C@@H](CCCN=C(N)N)C(=O)N[C@@H](CCC(N)=O)C(=O)N[C@@H](CCCN=C(N)N)C(=O)N[C@@H](CCCN=C(N)N)C(=O)N[C@@H](CCCN=C(N)N)C(N)=O. The molecule has 10 atom stereocenters. The summed E-state index contributed by atoms with van der Waals surface area (Å²) in [6, 6.07) is -8.68. The molecular formula is C68H125N33O14. The molecule has 0 aliphatic carbocycles. The number of primary amides is 2. The molecule has 0 bridgehead atoms. The largest absolute Gasteiger partial charge is 0.508 e. The van der Waals surface area contributed by atoms with E-state index in [2.05, 4.69) is 99.1 Å². The van der Waals surface area contributed by atoms with E-state index in [1.165, 1.54) is 26.1 Å². The predicted molar refractivity (Wildman–Crippen MR) is 432 cm³/mol. The summed E-state index contributed by atoms with van der Waals surface area (Å²) >= 11 is 0. The first-order valence-corrected chi connectivity index (χ1v) is 37.7. The number of aliphatic imine (C=N–C) groups is 6. The van der Waals surface area contributed by atoms with E-state index in [9.17, 15) is 67.4 Å². The fraction of sp³-hybridized carbons (Fsp3) is 0.632. The van der Waals surface area contributed by atoms with Crippen molar-refractivity contribution in [2.45, 2.75) is 202 Å². The number of nitrogens with one attached hydrogen (secondary N) is 13. The number of aromatic hydroxyl groups is 1. The number of phenolic OH excluding ortho intramolecular Hbond substituents is 1. The van der Waals surface area contributed by atoms with Crippen molar-refractivity contribution in [2.24, 2.45) is 110 Å². The number of hydrogen-bond acceptors (Lipinski definition) is 22. The summed E-state index contributed by atoms with van der Waals surface area (Å²) in [6.07, 6.45) is -0.430. The number of carbonyl (C=O) groups excluding carboxylic acids is 13. The molecule has 0 radical (unpaired) electrons. The van der Waals surface area contributed by atoms with Gasteiger partial charge in [-0.25, -0.2) is 0 Å². The lowest BCUT2D eigenvalue weighted by atomic mass is 10.0. The van der Waals surface area contributed by atoms with E-state index < -0.39 is 157 Å². The third kappa shape index (κ3) is 46.3. The van der Waals surface area contributed by atoms with Crippen LogP contribution in [-0.4, -0.2) is 251 Å². The van der Waals surface area contributed by atoms with Crippen molar-refractivity contribution >= 4 is 113 Å². The van der Waals surface area contributed by atoms with Crippen molar-refractivity contribution in [1.82, 2.24) is 69.1 Å². The van der Waals surface area contributed by atoms with Gasteiger partial charge in [0.05, 0.1) is 6.54 Å². The molecule has 0 aliphatic heterocycles. The minimum atomic E-state index is -1.73. The molecule has 1 aromatic carbocycles. The second-order valence-electron chi connectivity index (χ2n) is 26.6. The van der Waals surface area contributed by atoms with Crippen molar-refractivity contribution in [3.63, 3.8) is 0 Å². The average molecular weight is 1630 g/mol. The summed E-state index contributed by atoms with van der Waals surface area (Å²) in [5.74, 6) is -12.7. The Bertz CT molecular complexity index is 3450. The van der Waals surface area contributed by atoms with Crippen LogP contribution in [0.15, 0.2) is 54.2 Å². The predicted octanol–water partition coefficient (Wildman–Crippen LogP) is -11.2. The molecular weight excluding hydrogens is 1500 g/mol. The quantitative estimate of drug-likeness (QED) is 0.0164. The Balaban J connectivity index is 3.95. The Morgan fingerprint density at radius 3 is 0.965 bits per heavy atom. The lowest BCUT2D eigenvalue weighted by molar-refractivity contribution is -0.136. The second-order valence-corrected chi connectivity index (χ2v) is 26.6. The Kier molecular flexibility index (Phi) is 50.5. The second kappa shape index (κ2) is 57.7. The summed E-state index contributed by atoms with van der Waals surface area (Å²) in [5.41, 5.74) is 79.1. The van der Waals surface area contributed by atoms with Gasteiger partial charge in [-0.3, -0.25) is 92.3 Å². The van der Waals surface area contributed by atoms with Gasteiger partial charge >= 0.3 is 0 Å². The zero-order chi connectivity index (χ0) is 86.4. The maximum absolute atomic E-state index is 14.9. The third-order valence-electron chi connectivity index (χ3n) is 17.0. The van der Waals surface area contributed by atoms with Gasteiger partial charge in [0.1, 0.15) is 66.2 Å². The Morgan fingerprint density at radius 2 is 0.670 bits per heavy atom. The number of hydrogen-bond donors (Lipinski definition) is 28. The van der Waals surface area contributed by atoms with E-state index in [0.29, 0.717) is 24.4 Å². The van der Waals surface area contributed by atoms with Crippen LogP contribution in [0.1, 0.15) is 141 Å².